The smallest absolute Gasteiger partial charge is 0.407 e. The van der Waals surface area contributed by atoms with E-state index < -0.39 is 14.7 Å². The van der Waals surface area contributed by atoms with Gasteiger partial charge in [0.05, 0.1) is 11.9 Å². The first-order valence-corrected chi connectivity index (χ1v) is 8.23. The summed E-state index contributed by atoms with van der Waals surface area (Å²) < 4.78 is 28.1. The van der Waals surface area contributed by atoms with Crippen LogP contribution in [0.3, 0.4) is 0 Å². The van der Waals surface area contributed by atoms with Crippen LogP contribution < -0.4 is 10.8 Å². The molecule has 0 amide bonds. The molecule has 1 atom stereocenters. The molecule has 1 fully saturated rings. The van der Waals surface area contributed by atoms with Crippen LogP contribution in [0.2, 0.25) is 0 Å². The Labute approximate surface area is 119 Å². The average molecular weight is 298 g/mol. The molecule has 1 heterocycles. The molecule has 1 aliphatic rings. The van der Waals surface area contributed by atoms with E-state index in [2.05, 4.69) is 13.8 Å². The van der Waals surface area contributed by atoms with Crippen molar-refractivity contribution >= 4 is 25.5 Å². The van der Waals surface area contributed by atoms with E-state index >= 15 is 0 Å². The van der Waals surface area contributed by atoms with Crippen molar-refractivity contribution in [2.24, 2.45) is 5.41 Å². The van der Waals surface area contributed by atoms with E-state index in [-0.39, 0.29) is 17.3 Å². The maximum Gasteiger partial charge on any atom is 0.493 e. The Morgan fingerprint density at radius 3 is 2.35 bits per heavy atom. The highest BCUT2D eigenvalue weighted by Gasteiger charge is 2.33. The molecule has 0 saturated carbocycles. The van der Waals surface area contributed by atoms with Crippen LogP contribution in [0.15, 0.2) is 24.3 Å². The van der Waals surface area contributed by atoms with Crippen LogP contribution in [0, 0.1) is 5.41 Å². The summed E-state index contributed by atoms with van der Waals surface area (Å²) in [5, 5.41) is 0.277. The quantitative estimate of drug-likeness (QED) is 0.670. The number of hydrogen-bond acceptors (Lipinski definition) is 4. The Morgan fingerprint density at radius 2 is 1.85 bits per heavy atom. The van der Waals surface area contributed by atoms with Gasteiger partial charge in [0.1, 0.15) is 0 Å². The highest BCUT2D eigenvalue weighted by Crippen LogP contribution is 2.39. The Bertz CT molecular complexity index is 492. The van der Waals surface area contributed by atoms with Gasteiger partial charge in [-0.05, 0) is 24.5 Å². The lowest BCUT2D eigenvalue weighted by atomic mass is 9.76. The summed E-state index contributed by atoms with van der Waals surface area (Å²) in [6.45, 7) is 7.28. The van der Waals surface area contributed by atoms with Gasteiger partial charge in [0.25, 0.3) is 0 Å². The fourth-order valence-corrected chi connectivity index (χ4v) is 2.98. The molecule has 1 aliphatic heterocycles. The third kappa shape index (κ3) is 3.71. The normalized spacial score (nSPS) is 21.5. The highest BCUT2D eigenvalue weighted by molar-refractivity contribution is 7.61. The molecule has 7 heteroatoms. The second-order valence-electron chi connectivity index (χ2n) is 5.65. The Hall–Kier alpha value is -0.645. The van der Waals surface area contributed by atoms with E-state index in [1.807, 2.05) is 0 Å². The van der Waals surface area contributed by atoms with Gasteiger partial charge in [-0.1, -0.05) is 26.0 Å². The maximum atomic E-state index is 11.9. The van der Waals surface area contributed by atoms with Gasteiger partial charge in [-0.25, -0.2) is 0 Å². The SMILES string of the molecule is CCOP(=O)(O)c1ccc(B2OCC(C)(C)CO2)cc1. The van der Waals surface area contributed by atoms with Crippen molar-refractivity contribution < 1.29 is 23.3 Å². The Balaban J connectivity index is 2.08. The second-order valence-corrected chi connectivity index (χ2v) is 7.46. The molecule has 0 radical (unpaired) electrons. The predicted molar refractivity (Wildman–Crippen MR) is 78.6 cm³/mol. The van der Waals surface area contributed by atoms with Gasteiger partial charge in [-0.3, -0.25) is 4.57 Å². The molecule has 1 saturated heterocycles. The summed E-state index contributed by atoms with van der Waals surface area (Å²) in [7, 11) is -4.12. The summed E-state index contributed by atoms with van der Waals surface area (Å²) in [4.78, 5) is 9.73. The molecular formula is C13H20BO5P. The molecule has 20 heavy (non-hydrogen) atoms. The first-order chi connectivity index (χ1) is 9.34. The van der Waals surface area contributed by atoms with Crippen molar-refractivity contribution in [2.45, 2.75) is 20.8 Å². The van der Waals surface area contributed by atoms with Crippen molar-refractivity contribution in [1.29, 1.82) is 0 Å². The van der Waals surface area contributed by atoms with Gasteiger partial charge in [-0.2, -0.15) is 0 Å². The van der Waals surface area contributed by atoms with Gasteiger partial charge in [0, 0.05) is 18.6 Å². The van der Waals surface area contributed by atoms with Crippen LogP contribution in [-0.4, -0.2) is 31.8 Å². The minimum Gasteiger partial charge on any atom is -0.407 e. The summed E-state index contributed by atoms with van der Waals surface area (Å²) in [6.07, 6.45) is 0. The zero-order valence-corrected chi connectivity index (χ0v) is 12.9. The van der Waals surface area contributed by atoms with E-state index in [4.69, 9.17) is 13.8 Å². The van der Waals surface area contributed by atoms with Crippen molar-refractivity contribution in [1.82, 2.24) is 0 Å². The minimum atomic E-state index is -3.71. The van der Waals surface area contributed by atoms with Gasteiger partial charge < -0.3 is 18.7 Å². The van der Waals surface area contributed by atoms with E-state index in [9.17, 15) is 9.46 Å². The highest BCUT2D eigenvalue weighted by atomic mass is 31.2. The summed E-state index contributed by atoms with van der Waals surface area (Å²) in [5.41, 5.74) is 0.854. The fraction of sp³-hybridized carbons (Fsp3) is 0.538. The Morgan fingerprint density at radius 1 is 1.30 bits per heavy atom. The number of benzene rings is 1. The summed E-state index contributed by atoms with van der Waals surface area (Å²) in [6, 6.07) is 6.64. The topological polar surface area (TPSA) is 65.0 Å². The first-order valence-electron chi connectivity index (χ1n) is 6.65. The lowest BCUT2D eigenvalue weighted by molar-refractivity contribution is 0.0343. The Kier molecular flexibility index (Phi) is 4.72. The monoisotopic (exact) mass is 298 g/mol. The molecule has 0 bridgehead atoms. The molecule has 1 unspecified atom stereocenters. The van der Waals surface area contributed by atoms with Crippen molar-refractivity contribution in [3.05, 3.63) is 24.3 Å². The van der Waals surface area contributed by atoms with E-state index in [0.717, 1.165) is 5.46 Å². The molecule has 0 spiro atoms. The minimum absolute atomic E-state index is 0.0200. The van der Waals surface area contributed by atoms with Crippen LogP contribution in [-0.2, 0) is 18.4 Å². The third-order valence-electron chi connectivity index (χ3n) is 3.05. The van der Waals surface area contributed by atoms with Gasteiger partial charge in [-0.15, -0.1) is 0 Å². The van der Waals surface area contributed by atoms with Crippen LogP contribution in [0.25, 0.3) is 0 Å². The zero-order chi connectivity index (χ0) is 14.8. The van der Waals surface area contributed by atoms with Gasteiger partial charge in [0.15, 0.2) is 0 Å². The predicted octanol–water partition coefficient (Wildman–Crippen LogP) is 1.30. The molecule has 1 aromatic carbocycles. The third-order valence-corrected chi connectivity index (χ3v) is 4.61. The standard InChI is InChI=1S/C13H20BO5P/c1-4-19-20(15,16)12-7-5-11(6-8-12)14-17-9-13(2,3)10-18-14/h5-8H,4,9-10H2,1-3H3,(H,15,16). The van der Waals surface area contributed by atoms with E-state index in [1.54, 1.807) is 31.2 Å². The summed E-state index contributed by atoms with van der Waals surface area (Å²) in [5.74, 6) is 0. The largest absolute Gasteiger partial charge is 0.493 e. The van der Waals surface area contributed by atoms with Crippen molar-refractivity contribution in [3.63, 3.8) is 0 Å². The molecule has 5 nitrogen and oxygen atoms in total. The van der Waals surface area contributed by atoms with E-state index in [1.165, 1.54) is 0 Å². The van der Waals surface area contributed by atoms with Gasteiger partial charge in [0.2, 0.25) is 0 Å². The number of rotatable bonds is 4. The average Bonchev–Trinajstić information content (AvgIpc) is 2.39. The van der Waals surface area contributed by atoms with E-state index in [0.29, 0.717) is 13.2 Å². The molecule has 1 aromatic rings. The van der Waals surface area contributed by atoms with Crippen molar-refractivity contribution in [3.8, 4) is 0 Å². The molecule has 110 valence electrons. The fourth-order valence-electron chi connectivity index (χ4n) is 1.95. The molecule has 0 aromatic heterocycles. The lowest BCUT2D eigenvalue weighted by Gasteiger charge is -2.33. The second kappa shape index (κ2) is 6.00. The molecule has 2 rings (SSSR count). The van der Waals surface area contributed by atoms with Crippen LogP contribution in [0.4, 0.5) is 0 Å². The summed E-state index contributed by atoms with van der Waals surface area (Å²) >= 11 is 0. The van der Waals surface area contributed by atoms with Crippen LogP contribution >= 0.6 is 7.60 Å². The number of hydrogen-bond donors (Lipinski definition) is 1. The van der Waals surface area contributed by atoms with Crippen LogP contribution in [0.1, 0.15) is 20.8 Å². The van der Waals surface area contributed by atoms with Crippen LogP contribution in [0.5, 0.6) is 0 Å². The lowest BCUT2D eigenvalue weighted by Crippen LogP contribution is -2.47. The zero-order valence-electron chi connectivity index (χ0n) is 12.0. The molecular weight excluding hydrogens is 278 g/mol. The molecule has 1 N–H and O–H groups in total. The first kappa shape index (κ1) is 15.7. The van der Waals surface area contributed by atoms with Gasteiger partial charge >= 0.3 is 14.7 Å². The molecule has 0 aliphatic carbocycles. The maximum absolute atomic E-state index is 11.9. The van der Waals surface area contributed by atoms with Crippen molar-refractivity contribution in [2.75, 3.05) is 19.8 Å².